The number of furan rings is 1. The standard InChI is InChI=1S/C18H13ClN4O/c19-12-3-1-2-11(8-12)13-9-23-16(10-4-6-22-7-5-10)17-14(13)15(20)18(21)24-17/h1-9H,20-21H2. The number of hydrogen-bond acceptors (Lipinski definition) is 5. The van der Waals surface area contributed by atoms with Crippen LogP contribution in [-0.2, 0) is 0 Å². The third kappa shape index (κ3) is 2.26. The zero-order valence-electron chi connectivity index (χ0n) is 12.5. The summed E-state index contributed by atoms with van der Waals surface area (Å²) in [6.45, 7) is 0. The summed E-state index contributed by atoms with van der Waals surface area (Å²) >= 11 is 6.11. The first-order chi connectivity index (χ1) is 11.6. The molecule has 0 amide bonds. The quantitative estimate of drug-likeness (QED) is 0.567. The van der Waals surface area contributed by atoms with E-state index in [1.807, 2.05) is 36.4 Å². The number of benzene rings is 1. The molecule has 1 aromatic carbocycles. The molecule has 0 aliphatic rings. The van der Waals surface area contributed by atoms with E-state index in [2.05, 4.69) is 9.97 Å². The zero-order chi connectivity index (χ0) is 16.7. The van der Waals surface area contributed by atoms with E-state index in [0.29, 0.717) is 22.0 Å². The molecule has 0 spiro atoms. The lowest BCUT2D eigenvalue weighted by molar-refractivity contribution is 0.638. The summed E-state index contributed by atoms with van der Waals surface area (Å²) < 4.78 is 5.71. The van der Waals surface area contributed by atoms with Crippen LogP contribution in [0.15, 0.2) is 59.4 Å². The summed E-state index contributed by atoms with van der Waals surface area (Å²) in [5.41, 5.74) is 16.3. The highest BCUT2D eigenvalue weighted by Gasteiger charge is 2.19. The second-order valence-electron chi connectivity index (χ2n) is 5.35. The van der Waals surface area contributed by atoms with Gasteiger partial charge in [-0.25, -0.2) is 0 Å². The van der Waals surface area contributed by atoms with Crippen LogP contribution >= 0.6 is 11.6 Å². The molecule has 3 heterocycles. The molecule has 24 heavy (non-hydrogen) atoms. The van der Waals surface area contributed by atoms with E-state index in [4.69, 9.17) is 27.5 Å². The van der Waals surface area contributed by atoms with Gasteiger partial charge in [0.25, 0.3) is 0 Å². The van der Waals surface area contributed by atoms with Gasteiger partial charge in [0.2, 0.25) is 5.88 Å². The van der Waals surface area contributed by atoms with Gasteiger partial charge in [-0.05, 0) is 29.8 Å². The monoisotopic (exact) mass is 336 g/mol. The Bertz CT molecular complexity index is 1040. The molecule has 6 heteroatoms. The van der Waals surface area contributed by atoms with Gasteiger partial charge in [-0.15, -0.1) is 0 Å². The highest BCUT2D eigenvalue weighted by atomic mass is 35.5. The van der Waals surface area contributed by atoms with Crippen molar-refractivity contribution in [1.82, 2.24) is 9.97 Å². The van der Waals surface area contributed by atoms with Crippen LogP contribution in [0, 0.1) is 0 Å². The number of rotatable bonds is 2. The fourth-order valence-corrected chi connectivity index (χ4v) is 2.93. The fourth-order valence-electron chi connectivity index (χ4n) is 2.74. The second kappa shape index (κ2) is 5.54. The number of hydrogen-bond donors (Lipinski definition) is 2. The molecule has 118 valence electrons. The third-order valence-corrected chi connectivity index (χ3v) is 4.11. The molecule has 0 unspecified atom stereocenters. The van der Waals surface area contributed by atoms with Crippen LogP contribution in [0.3, 0.4) is 0 Å². The Hall–Kier alpha value is -3.05. The van der Waals surface area contributed by atoms with Gasteiger partial charge in [-0.2, -0.15) is 0 Å². The van der Waals surface area contributed by atoms with Crippen molar-refractivity contribution < 1.29 is 4.42 Å². The van der Waals surface area contributed by atoms with Crippen LogP contribution < -0.4 is 11.5 Å². The van der Waals surface area contributed by atoms with E-state index < -0.39 is 0 Å². The number of aromatic nitrogens is 2. The van der Waals surface area contributed by atoms with Gasteiger partial charge in [-0.1, -0.05) is 23.7 Å². The molecule has 0 atom stereocenters. The fraction of sp³-hybridized carbons (Fsp3) is 0. The van der Waals surface area contributed by atoms with Crippen molar-refractivity contribution in [3.63, 3.8) is 0 Å². The molecule has 4 rings (SSSR count). The lowest BCUT2D eigenvalue weighted by Crippen LogP contribution is -1.92. The summed E-state index contributed by atoms with van der Waals surface area (Å²) in [6, 6.07) is 11.2. The molecule has 0 saturated heterocycles. The highest BCUT2D eigenvalue weighted by molar-refractivity contribution is 6.31. The van der Waals surface area contributed by atoms with Gasteiger partial charge in [0.1, 0.15) is 11.4 Å². The van der Waals surface area contributed by atoms with E-state index >= 15 is 0 Å². The molecule has 4 aromatic rings. The molecule has 0 fully saturated rings. The number of nitrogen functional groups attached to an aromatic ring is 2. The van der Waals surface area contributed by atoms with Crippen molar-refractivity contribution in [3.05, 3.63) is 60.0 Å². The Morgan fingerprint density at radius 2 is 1.79 bits per heavy atom. The van der Waals surface area contributed by atoms with Crippen LogP contribution in [0.5, 0.6) is 0 Å². The molecule has 0 aliphatic carbocycles. The first-order valence-corrected chi connectivity index (χ1v) is 7.65. The van der Waals surface area contributed by atoms with Crippen molar-refractivity contribution >= 4 is 34.1 Å². The summed E-state index contributed by atoms with van der Waals surface area (Å²) in [7, 11) is 0. The summed E-state index contributed by atoms with van der Waals surface area (Å²) in [6.07, 6.45) is 5.15. The Morgan fingerprint density at radius 3 is 2.54 bits per heavy atom. The maximum absolute atomic E-state index is 6.17. The Morgan fingerprint density at radius 1 is 1.00 bits per heavy atom. The van der Waals surface area contributed by atoms with Crippen LogP contribution in [0.1, 0.15) is 0 Å². The van der Waals surface area contributed by atoms with Gasteiger partial charge in [0.15, 0.2) is 5.58 Å². The Kier molecular flexibility index (Phi) is 3.36. The molecule has 5 nitrogen and oxygen atoms in total. The minimum absolute atomic E-state index is 0.177. The minimum Gasteiger partial charge on any atom is -0.436 e. The smallest absolute Gasteiger partial charge is 0.215 e. The Balaban J connectivity index is 2.05. The van der Waals surface area contributed by atoms with Crippen LogP contribution in [-0.4, -0.2) is 9.97 Å². The van der Waals surface area contributed by atoms with Gasteiger partial charge < -0.3 is 15.9 Å². The number of nitrogens with zero attached hydrogens (tertiary/aromatic N) is 2. The van der Waals surface area contributed by atoms with Gasteiger partial charge >= 0.3 is 0 Å². The van der Waals surface area contributed by atoms with E-state index in [0.717, 1.165) is 22.1 Å². The molecule has 4 N–H and O–H groups in total. The topological polar surface area (TPSA) is 91.0 Å². The average Bonchev–Trinajstić information content (AvgIpc) is 2.90. The normalized spacial score (nSPS) is 11.0. The molecule has 0 bridgehead atoms. The summed E-state index contributed by atoms with van der Waals surface area (Å²) in [5, 5.41) is 1.37. The van der Waals surface area contributed by atoms with Crippen LogP contribution in [0.25, 0.3) is 33.4 Å². The lowest BCUT2D eigenvalue weighted by atomic mass is 10.0. The number of halogens is 1. The van der Waals surface area contributed by atoms with Crippen LogP contribution in [0.2, 0.25) is 5.02 Å². The van der Waals surface area contributed by atoms with Crippen LogP contribution in [0.4, 0.5) is 11.6 Å². The van der Waals surface area contributed by atoms with E-state index in [-0.39, 0.29) is 5.88 Å². The SMILES string of the molecule is Nc1oc2c(-c3ccncc3)ncc(-c3cccc(Cl)c3)c2c1N. The highest BCUT2D eigenvalue weighted by Crippen LogP contribution is 2.41. The minimum atomic E-state index is 0.177. The number of anilines is 2. The third-order valence-electron chi connectivity index (χ3n) is 3.87. The largest absolute Gasteiger partial charge is 0.436 e. The lowest BCUT2D eigenvalue weighted by Gasteiger charge is -2.07. The molecule has 0 radical (unpaired) electrons. The number of fused-ring (bicyclic) bond motifs is 1. The zero-order valence-corrected chi connectivity index (χ0v) is 13.3. The molecule has 3 aromatic heterocycles. The van der Waals surface area contributed by atoms with E-state index in [1.54, 1.807) is 18.6 Å². The van der Waals surface area contributed by atoms with Crippen molar-refractivity contribution in [1.29, 1.82) is 0 Å². The van der Waals surface area contributed by atoms with Crippen molar-refractivity contribution in [2.24, 2.45) is 0 Å². The van der Waals surface area contributed by atoms with E-state index in [1.165, 1.54) is 0 Å². The number of pyridine rings is 2. The molecular formula is C18H13ClN4O. The van der Waals surface area contributed by atoms with Gasteiger partial charge in [-0.3, -0.25) is 9.97 Å². The average molecular weight is 337 g/mol. The van der Waals surface area contributed by atoms with Crippen molar-refractivity contribution in [2.45, 2.75) is 0 Å². The van der Waals surface area contributed by atoms with Gasteiger partial charge in [0, 0.05) is 34.7 Å². The molecule has 0 saturated carbocycles. The number of nitrogens with two attached hydrogens (primary N) is 2. The first-order valence-electron chi connectivity index (χ1n) is 7.28. The first kappa shape index (κ1) is 14.5. The van der Waals surface area contributed by atoms with Gasteiger partial charge in [0.05, 0.1) is 5.39 Å². The van der Waals surface area contributed by atoms with Crippen molar-refractivity contribution in [2.75, 3.05) is 11.5 Å². The maximum Gasteiger partial charge on any atom is 0.215 e. The Labute approximate surface area is 142 Å². The summed E-state index contributed by atoms with van der Waals surface area (Å²) in [4.78, 5) is 8.59. The maximum atomic E-state index is 6.17. The predicted molar refractivity (Wildman–Crippen MR) is 96.5 cm³/mol. The van der Waals surface area contributed by atoms with E-state index in [9.17, 15) is 0 Å². The summed E-state index contributed by atoms with van der Waals surface area (Å²) in [5.74, 6) is 0.177. The molecule has 0 aliphatic heterocycles. The molecular weight excluding hydrogens is 324 g/mol. The predicted octanol–water partition coefficient (Wildman–Crippen LogP) is 4.37. The second-order valence-corrected chi connectivity index (χ2v) is 5.79. The van der Waals surface area contributed by atoms with Crippen molar-refractivity contribution in [3.8, 4) is 22.4 Å².